The van der Waals surface area contributed by atoms with Gasteiger partial charge in [-0.2, -0.15) is 0 Å². The average molecular weight is 396 g/mol. The van der Waals surface area contributed by atoms with Gasteiger partial charge in [-0.15, -0.1) is 0 Å². The zero-order valence-corrected chi connectivity index (χ0v) is 16.3. The maximum Gasteiger partial charge on any atom is 0.325 e. The van der Waals surface area contributed by atoms with Gasteiger partial charge in [0.2, 0.25) is 5.91 Å². The van der Waals surface area contributed by atoms with Crippen molar-refractivity contribution >= 4 is 29.7 Å². The summed E-state index contributed by atoms with van der Waals surface area (Å²) >= 11 is 0. The summed E-state index contributed by atoms with van der Waals surface area (Å²) in [5.74, 6) is -1.74. The van der Waals surface area contributed by atoms with Gasteiger partial charge in [0.15, 0.2) is 6.61 Å². The highest BCUT2D eigenvalue weighted by molar-refractivity contribution is 6.07. The lowest BCUT2D eigenvalue weighted by Crippen LogP contribution is -2.44. The summed E-state index contributed by atoms with van der Waals surface area (Å²) in [6.45, 7) is 3.05. The molecule has 1 aliphatic carbocycles. The van der Waals surface area contributed by atoms with Gasteiger partial charge in [0.25, 0.3) is 11.8 Å². The van der Waals surface area contributed by atoms with Gasteiger partial charge in [-0.3, -0.25) is 24.1 Å². The lowest BCUT2D eigenvalue weighted by atomic mass is 9.98. The number of nitrogens with one attached hydrogen (secondary N) is 3. The van der Waals surface area contributed by atoms with Crippen molar-refractivity contribution in [3.63, 3.8) is 0 Å². The van der Waals surface area contributed by atoms with Gasteiger partial charge in [0.1, 0.15) is 5.54 Å². The molecule has 10 heteroatoms. The van der Waals surface area contributed by atoms with Crippen LogP contribution in [0.2, 0.25) is 0 Å². The molecule has 2 aliphatic rings. The van der Waals surface area contributed by atoms with Crippen LogP contribution in [0, 0.1) is 0 Å². The van der Waals surface area contributed by atoms with E-state index in [1.165, 1.54) is 0 Å². The highest BCUT2D eigenvalue weighted by atomic mass is 16.5. The van der Waals surface area contributed by atoms with Crippen LogP contribution in [0.5, 0.6) is 0 Å². The predicted molar refractivity (Wildman–Crippen MR) is 97.9 cm³/mol. The van der Waals surface area contributed by atoms with Crippen LogP contribution in [-0.4, -0.2) is 65.9 Å². The molecule has 0 atom stereocenters. The second-order valence-corrected chi connectivity index (χ2v) is 7.44. The van der Waals surface area contributed by atoms with E-state index < -0.39 is 30.1 Å². The molecule has 5 amide bonds. The molecule has 1 saturated heterocycles. The van der Waals surface area contributed by atoms with Gasteiger partial charge in [-0.1, -0.05) is 12.8 Å². The maximum atomic E-state index is 12.5. The smallest absolute Gasteiger partial charge is 0.325 e. The number of hydrogen-bond acceptors (Lipinski definition) is 6. The Labute approximate surface area is 163 Å². The highest BCUT2D eigenvalue weighted by Crippen LogP contribution is 2.35. The van der Waals surface area contributed by atoms with Crippen molar-refractivity contribution in [2.75, 3.05) is 19.7 Å². The molecule has 1 saturated carbocycles. The topological polar surface area (TPSA) is 134 Å². The van der Waals surface area contributed by atoms with Gasteiger partial charge in [-0.25, -0.2) is 4.79 Å². The molecule has 0 unspecified atom stereocenters. The highest BCUT2D eigenvalue weighted by Gasteiger charge is 2.52. The lowest BCUT2D eigenvalue weighted by Gasteiger charge is -2.19. The lowest BCUT2D eigenvalue weighted by molar-refractivity contribution is -0.148. The molecule has 3 N–H and O–H groups in total. The summed E-state index contributed by atoms with van der Waals surface area (Å²) in [7, 11) is 0. The van der Waals surface area contributed by atoms with Crippen LogP contribution >= 0.6 is 0 Å². The number of carbonyl (C=O) groups is 5. The molecule has 1 heterocycles. The third kappa shape index (κ3) is 5.67. The summed E-state index contributed by atoms with van der Waals surface area (Å²) in [5.41, 5.74) is -0.752. The summed E-state index contributed by atoms with van der Waals surface area (Å²) < 4.78 is 4.84. The molecule has 2 rings (SSSR count). The summed E-state index contributed by atoms with van der Waals surface area (Å²) in [6, 6.07) is -0.449. The molecule has 10 nitrogen and oxygen atoms in total. The molecule has 1 aliphatic heterocycles. The van der Waals surface area contributed by atoms with Crippen LogP contribution in [0.4, 0.5) is 4.79 Å². The Morgan fingerprint density at radius 1 is 1.18 bits per heavy atom. The molecule has 0 aromatic rings. The minimum atomic E-state index is -0.752. The minimum absolute atomic E-state index is 0.0226. The van der Waals surface area contributed by atoms with Crippen LogP contribution in [0.3, 0.4) is 0 Å². The first-order valence-electron chi connectivity index (χ1n) is 9.59. The molecule has 28 heavy (non-hydrogen) atoms. The van der Waals surface area contributed by atoms with E-state index >= 15 is 0 Å². The zero-order chi connectivity index (χ0) is 20.7. The predicted octanol–water partition coefficient (Wildman–Crippen LogP) is -0.185. The van der Waals surface area contributed by atoms with Crippen molar-refractivity contribution in [1.82, 2.24) is 20.9 Å². The third-order valence-electron chi connectivity index (χ3n) is 4.73. The molecule has 0 aromatic carbocycles. The minimum Gasteiger partial charge on any atom is -0.456 e. The van der Waals surface area contributed by atoms with Crippen LogP contribution in [0.1, 0.15) is 52.4 Å². The Morgan fingerprint density at radius 3 is 2.50 bits per heavy atom. The Kier molecular flexibility index (Phi) is 7.36. The fourth-order valence-corrected chi connectivity index (χ4v) is 3.40. The first-order valence-corrected chi connectivity index (χ1v) is 9.59. The Bertz CT molecular complexity index is 642. The van der Waals surface area contributed by atoms with E-state index in [0.29, 0.717) is 12.8 Å². The summed E-state index contributed by atoms with van der Waals surface area (Å²) in [4.78, 5) is 60.4. The fraction of sp³-hybridized carbons (Fsp3) is 0.722. The first-order chi connectivity index (χ1) is 13.2. The normalized spacial score (nSPS) is 17.8. The molecular weight excluding hydrogens is 368 g/mol. The van der Waals surface area contributed by atoms with Crippen LogP contribution in [0.15, 0.2) is 0 Å². The van der Waals surface area contributed by atoms with Gasteiger partial charge in [0.05, 0.1) is 6.54 Å². The largest absolute Gasteiger partial charge is 0.456 e. The van der Waals surface area contributed by atoms with E-state index in [1.807, 2.05) is 0 Å². The second kappa shape index (κ2) is 9.52. The van der Waals surface area contributed by atoms with Gasteiger partial charge in [0, 0.05) is 19.0 Å². The molecule has 1 spiro atoms. The maximum absolute atomic E-state index is 12.5. The van der Waals surface area contributed by atoms with E-state index in [9.17, 15) is 24.0 Å². The number of carbonyl (C=O) groups excluding carboxylic acids is 5. The molecule has 156 valence electrons. The Morgan fingerprint density at radius 2 is 1.86 bits per heavy atom. The van der Waals surface area contributed by atoms with E-state index in [1.54, 1.807) is 13.8 Å². The Balaban J connectivity index is 1.62. The van der Waals surface area contributed by atoms with Crippen LogP contribution in [-0.2, 0) is 23.9 Å². The molecule has 2 fully saturated rings. The zero-order valence-electron chi connectivity index (χ0n) is 16.3. The number of imide groups is 1. The molecule has 0 radical (unpaired) electrons. The number of rotatable bonds is 9. The van der Waals surface area contributed by atoms with Crippen molar-refractivity contribution in [2.45, 2.75) is 64.0 Å². The SMILES string of the molecule is CC(C)NC(=O)CNC(=O)COC(=O)CCCN1C(=O)NC2(CCCC2)C1=O. The van der Waals surface area contributed by atoms with Crippen molar-refractivity contribution < 1.29 is 28.7 Å². The van der Waals surface area contributed by atoms with Crippen molar-refractivity contribution in [3.05, 3.63) is 0 Å². The number of amides is 5. The van der Waals surface area contributed by atoms with E-state index in [0.717, 1.165) is 17.7 Å². The van der Waals surface area contributed by atoms with E-state index in [-0.39, 0.29) is 43.8 Å². The first kappa shape index (κ1) is 21.6. The van der Waals surface area contributed by atoms with Gasteiger partial charge in [-0.05, 0) is 33.1 Å². The Hall–Kier alpha value is -2.65. The number of nitrogens with zero attached hydrogens (tertiary/aromatic N) is 1. The average Bonchev–Trinajstić information content (AvgIpc) is 3.18. The van der Waals surface area contributed by atoms with Crippen molar-refractivity contribution in [3.8, 4) is 0 Å². The number of ether oxygens (including phenoxy) is 1. The van der Waals surface area contributed by atoms with Crippen LogP contribution in [0.25, 0.3) is 0 Å². The number of esters is 1. The third-order valence-corrected chi connectivity index (χ3v) is 4.73. The molecule has 0 aromatic heterocycles. The monoisotopic (exact) mass is 396 g/mol. The van der Waals surface area contributed by atoms with Crippen molar-refractivity contribution in [1.29, 1.82) is 0 Å². The number of hydrogen-bond donors (Lipinski definition) is 3. The molecule has 0 bridgehead atoms. The standard InChI is InChI=1S/C18H28N4O6/c1-12(2)20-13(23)10-19-14(24)11-28-15(25)6-5-9-22-16(26)18(21-17(22)27)7-3-4-8-18/h12H,3-11H2,1-2H3,(H,19,24)(H,20,23)(H,21,27). The fourth-order valence-electron chi connectivity index (χ4n) is 3.40. The second-order valence-electron chi connectivity index (χ2n) is 7.44. The van der Waals surface area contributed by atoms with E-state index in [4.69, 9.17) is 4.74 Å². The van der Waals surface area contributed by atoms with Crippen LogP contribution < -0.4 is 16.0 Å². The summed E-state index contributed by atoms with van der Waals surface area (Å²) in [6.07, 6.45) is 3.36. The molecular formula is C18H28N4O6. The summed E-state index contributed by atoms with van der Waals surface area (Å²) in [5, 5.41) is 7.74. The van der Waals surface area contributed by atoms with E-state index in [2.05, 4.69) is 16.0 Å². The quantitative estimate of drug-likeness (QED) is 0.365. The van der Waals surface area contributed by atoms with Gasteiger partial charge < -0.3 is 20.7 Å². The van der Waals surface area contributed by atoms with Crippen molar-refractivity contribution in [2.24, 2.45) is 0 Å². The van der Waals surface area contributed by atoms with Gasteiger partial charge >= 0.3 is 12.0 Å². The number of urea groups is 1.